The number of nitrogen functional groups attached to an aromatic ring is 1. The Hall–Kier alpha value is -4.96. The summed E-state index contributed by atoms with van der Waals surface area (Å²) in [6.45, 7) is 1.83. The van der Waals surface area contributed by atoms with Gasteiger partial charge in [-0.1, -0.05) is 47.6 Å². The van der Waals surface area contributed by atoms with Crippen molar-refractivity contribution < 1.29 is 10.0 Å². The Bertz CT molecular complexity index is 1440. The molecule has 3 aromatic carbocycles. The molecule has 1 amide bonds. The summed E-state index contributed by atoms with van der Waals surface area (Å²) in [6, 6.07) is 25.5. The number of rotatable bonds is 5. The Morgan fingerprint density at radius 3 is 2.50 bits per heavy atom. The highest BCUT2D eigenvalue weighted by Crippen LogP contribution is 2.30. The maximum absolute atomic E-state index is 13.2. The minimum Gasteiger partial charge on any atom is -0.411 e. The van der Waals surface area contributed by atoms with Gasteiger partial charge in [0.25, 0.3) is 5.91 Å². The number of carbonyl (C=O) groups excluding carboxylic acids is 1. The summed E-state index contributed by atoms with van der Waals surface area (Å²) in [6.07, 6.45) is 1.23. The SMILES string of the molecule is Cc1ccc(C(=O)Nc2ccc(-c3ccccc3C#N)cc2)c(-c2cccc(N)c2C=NO)n1. The molecule has 0 aliphatic heterocycles. The van der Waals surface area contributed by atoms with Crippen molar-refractivity contribution in [1.82, 2.24) is 4.98 Å². The first kappa shape index (κ1) is 22.2. The molecule has 0 unspecified atom stereocenters. The monoisotopic (exact) mass is 447 g/mol. The van der Waals surface area contributed by atoms with Gasteiger partial charge in [0.1, 0.15) is 0 Å². The van der Waals surface area contributed by atoms with E-state index in [-0.39, 0.29) is 5.91 Å². The predicted octanol–water partition coefficient (Wildman–Crippen LogP) is 5.24. The van der Waals surface area contributed by atoms with Crippen molar-refractivity contribution in [3.8, 4) is 28.5 Å². The van der Waals surface area contributed by atoms with Gasteiger partial charge in [-0.25, -0.2) is 0 Å². The standard InChI is InChI=1S/C27H21N5O2/c1-17-9-14-23(26(31-17)22-7-4-8-25(29)24(22)16-30-34)27(33)32-20-12-10-18(11-13-20)21-6-3-2-5-19(21)15-28/h2-14,16,34H,29H2,1H3,(H,32,33). The Balaban J connectivity index is 1.67. The van der Waals surface area contributed by atoms with Crippen molar-refractivity contribution >= 4 is 23.5 Å². The van der Waals surface area contributed by atoms with Crippen molar-refractivity contribution in [3.63, 3.8) is 0 Å². The van der Waals surface area contributed by atoms with Crippen LogP contribution in [0.4, 0.5) is 11.4 Å². The topological polar surface area (TPSA) is 124 Å². The van der Waals surface area contributed by atoms with E-state index in [1.54, 1.807) is 48.5 Å². The molecule has 1 heterocycles. The van der Waals surface area contributed by atoms with Gasteiger partial charge in [0.05, 0.1) is 29.1 Å². The minimum atomic E-state index is -0.345. The van der Waals surface area contributed by atoms with E-state index < -0.39 is 0 Å². The van der Waals surface area contributed by atoms with Gasteiger partial charge in [-0.3, -0.25) is 9.78 Å². The van der Waals surface area contributed by atoms with Gasteiger partial charge in [0.15, 0.2) is 0 Å². The molecule has 1 aromatic heterocycles. The zero-order valence-electron chi connectivity index (χ0n) is 18.4. The van der Waals surface area contributed by atoms with Gasteiger partial charge in [-0.05, 0) is 54.4 Å². The van der Waals surface area contributed by atoms with E-state index in [1.165, 1.54) is 6.21 Å². The number of nitrogens with two attached hydrogens (primary N) is 1. The molecule has 7 heteroatoms. The average Bonchev–Trinajstić information content (AvgIpc) is 2.85. The lowest BCUT2D eigenvalue weighted by Crippen LogP contribution is -2.14. The van der Waals surface area contributed by atoms with Crippen LogP contribution >= 0.6 is 0 Å². The van der Waals surface area contributed by atoms with Crippen molar-refractivity contribution in [2.45, 2.75) is 6.92 Å². The molecule has 0 saturated carbocycles. The van der Waals surface area contributed by atoms with Crippen LogP contribution in [0.15, 0.2) is 84.0 Å². The van der Waals surface area contributed by atoms with Crippen LogP contribution in [0, 0.1) is 18.3 Å². The Morgan fingerprint density at radius 1 is 1.03 bits per heavy atom. The summed E-state index contributed by atoms with van der Waals surface area (Å²) in [5.41, 5.74) is 11.9. The number of oxime groups is 1. The van der Waals surface area contributed by atoms with Gasteiger partial charge in [0, 0.05) is 28.2 Å². The molecule has 4 N–H and O–H groups in total. The number of nitriles is 1. The number of anilines is 2. The number of aryl methyl sites for hydroxylation is 1. The molecule has 0 aliphatic carbocycles. The van der Waals surface area contributed by atoms with Crippen molar-refractivity contribution in [2.75, 3.05) is 11.1 Å². The van der Waals surface area contributed by atoms with E-state index in [9.17, 15) is 10.1 Å². The Labute approximate surface area is 196 Å². The second-order valence-electron chi connectivity index (χ2n) is 7.59. The molecule has 4 rings (SSSR count). The molecule has 0 spiro atoms. The van der Waals surface area contributed by atoms with Crippen LogP contribution in [0.25, 0.3) is 22.4 Å². The third kappa shape index (κ3) is 4.47. The molecule has 0 aliphatic rings. The Kier molecular flexibility index (Phi) is 6.33. The fourth-order valence-electron chi connectivity index (χ4n) is 3.70. The number of pyridine rings is 1. The molecule has 34 heavy (non-hydrogen) atoms. The van der Waals surface area contributed by atoms with E-state index in [4.69, 9.17) is 10.9 Å². The molecule has 0 fully saturated rings. The first-order valence-corrected chi connectivity index (χ1v) is 10.5. The number of benzene rings is 3. The van der Waals surface area contributed by atoms with Crippen LogP contribution in [0.2, 0.25) is 0 Å². The number of hydrogen-bond donors (Lipinski definition) is 3. The van der Waals surface area contributed by atoms with Crippen LogP contribution in [0.3, 0.4) is 0 Å². The lowest BCUT2D eigenvalue weighted by atomic mass is 9.98. The molecule has 4 aromatic rings. The first-order chi connectivity index (χ1) is 16.5. The highest BCUT2D eigenvalue weighted by atomic mass is 16.4. The number of carbonyl (C=O) groups is 1. The van der Waals surface area contributed by atoms with Crippen molar-refractivity contribution in [3.05, 3.63) is 101 Å². The fraction of sp³-hybridized carbons (Fsp3) is 0.0370. The second-order valence-corrected chi connectivity index (χ2v) is 7.59. The van der Waals surface area contributed by atoms with Crippen molar-refractivity contribution in [2.24, 2.45) is 5.16 Å². The van der Waals surface area contributed by atoms with E-state index >= 15 is 0 Å². The summed E-state index contributed by atoms with van der Waals surface area (Å²) >= 11 is 0. The first-order valence-electron chi connectivity index (χ1n) is 10.5. The Morgan fingerprint density at radius 2 is 1.76 bits per heavy atom. The van der Waals surface area contributed by atoms with Crippen LogP contribution in [0.1, 0.15) is 27.2 Å². The average molecular weight is 447 g/mol. The highest BCUT2D eigenvalue weighted by Gasteiger charge is 2.18. The van der Waals surface area contributed by atoms with E-state index in [0.29, 0.717) is 39.3 Å². The number of amides is 1. The minimum absolute atomic E-state index is 0.345. The third-order valence-electron chi connectivity index (χ3n) is 5.36. The van der Waals surface area contributed by atoms with Crippen molar-refractivity contribution in [1.29, 1.82) is 5.26 Å². The second kappa shape index (κ2) is 9.67. The smallest absolute Gasteiger partial charge is 0.257 e. The summed E-state index contributed by atoms with van der Waals surface area (Å²) in [7, 11) is 0. The number of nitrogens with zero attached hydrogens (tertiary/aromatic N) is 3. The zero-order chi connectivity index (χ0) is 24.1. The predicted molar refractivity (Wildman–Crippen MR) is 133 cm³/mol. The van der Waals surface area contributed by atoms with Gasteiger partial charge in [0.2, 0.25) is 0 Å². The van der Waals surface area contributed by atoms with Gasteiger partial charge in [-0.2, -0.15) is 5.26 Å². The van der Waals surface area contributed by atoms with Crippen LogP contribution in [0.5, 0.6) is 0 Å². The number of hydrogen-bond acceptors (Lipinski definition) is 6. The third-order valence-corrected chi connectivity index (χ3v) is 5.36. The maximum Gasteiger partial charge on any atom is 0.257 e. The maximum atomic E-state index is 13.2. The summed E-state index contributed by atoms with van der Waals surface area (Å²) in [5, 5.41) is 24.4. The lowest BCUT2D eigenvalue weighted by molar-refractivity contribution is 0.102. The van der Waals surface area contributed by atoms with Crippen LogP contribution in [-0.4, -0.2) is 22.3 Å². The van der Waals surface area contributed by atoms with Gasteiger partial charge in [-0.15, -0.1) is 0 Å². The molecule has 0 radical (unpaired) electrons. The van der Waals surface area contributed by atoms with Crippen LogP contribution in [-0.2, 0) is 0 Å². The van der Waals surface area contributed by atoms with E-state index in [2.05, 4.69) is 21.5 Å². The molecule has 0 bridgehead atoms. The lowest BCUT2D eigenvalue weighted by Gasteiger charge is -2.14. The van der Waals surface area contributed by atoms with E-state index in [1.807, 2.05) is 37.3 Å². The number of aromatic nitrogens is 1. The fourth-order valence-corrected chi connectivity index (χ4v) is 3.70. The molecular formula is C27H21N5O2. The molecule has 0 atom stereocenters. The van der Waals surface area contributed by atoms with Crippen LogP contribution < -0.4 is 11.1 Å². The van der Waals surface area contributed by atoms with Gasteiger partial charge < -0.3 is 16.3 Å². The molecular weight excluding hydrogens is 426 g/mol. The van der Waals surface area contributed by atoms with E-state index in [0.717, 1.165) is 16.8 Å². The highest BCUT2D eigenvalue weighted by molar-refractivity contribution is 6.09. The molecule has 7 nitrogen and oxygen atoms in total. The molecule has 166 valence electrons. The number of nitrogens with one attached hydrogen (secondary N) is 1. The zero-order valence-corrected chi connectivity index (χ0v) is 18.4. The summed E-state index contributed by atoms with van der Waals surface area (Å²) in [4.78, 5) is 17.8. The normalized spacial score (nSPS) is 10.7. The largest absolute Gasteiger partial charge is 0.411 e. The summed E-state index contributed by atoms with van der Waals surface area (Å²) < 4.78 is 0. The summed E-state index contributed by atoms with van der Waals surface area (Å²) in [5.74, 6) is -0.345. The molecule has 0 saturated heterocycles. The van der Waals surface area contributed by atoms with Gasteiger partial charge >= 0.3 is 0 Å². The quantitative estimate of drug-likeness (QED) is 0.167.